The summed E-state index contributed by atoms with van der Waals surface area (Å²) in [4.78, 5) is 43.3. The Morgan fingerprint density at radius 1 is 0.314 bits per heavy atom. The van der Waals surface area contributed by atoms with Crippen LogP contribution in [-0.4, -0.2) is 87.8 Å². The molecule has 0 amide bonds. The fraction of sp³-hybridized carbons (Fsp3) is 0.952. The Morgan fingerprint density at radius 2 is 0.586 bits per heavy atom. The van der Waals surface area contributed by atoms with Crippen LogP contribution in [0.4, 0.5) is 0 Å². The molecular weight excluding hydrogens is 869 g/mol. The van der Waals surface area contributed by atoms with Gasteiger partial charge in [-0.3, -0.25) is 14.4 Å². The first-order chi connectivity index (χ1) is 34.3. The van der Waals surface area contributed by atoms with Gasteiger partial charge in [-0.1, -0.05) is 220 Å². The smallest absolute Gasteiger partial charge is 0.308 e. The minimum absolute atomic E-state index is 0.0301. The quantitative estimate of drug-likeness (QED) is 0.0338. The second-order valence-corrected chi connectivity index (χ2v) is 21.9. The summed E-state index contributed by atoms with van der Waals surface area (Å²) in [5, 5.41) is 0. The lowest BCUT2D eigenvalue weighted by molar-refractivity contribution is -0.150. The van der Waals surface area contributed by atoms with Crippen molar-refractivity contribution in [2.45, 2.75) is 310 Å². The zero-order valence-electron chi connectivity index (χ0n) is 48.1. The van der Waals surface area contributed by atoms with E-state index in [1.54, 1.807) is 0 Å². The van der Waals surface area contributed by atoms with Crippen LogP contribution in [0.1, 0.15) is 310 Å². The third-order valence-electron chi connectivity index (χ3n) is 14.6. The highest BCUT2D eigenvalue weighted by Gasteiger charge is 2.20. The van der Waals surface area contributed by atoms with Gasteiger partial charge in [0.2, 0.25) is 0 Å². The molecule has 0 aliphatic rings. The maximum absolute atomic E-state index is 13.1. The van der Waals surface area contributed by atoms with Crippen LogP contribution >= 0.6 is 0 Å². The van der Waals surface area contributed by atoms with Crippen molar-refractivity contribution in [2.24, 2.45) is 11.8 Å². The number of unbranched alkanes of at least 4 members (excludes halogenated alkanes) is 31. The number of carbonyl (C=O) groups is 3. The summed E-state index contributed by atoms with van der Waals surface area (Å²) in [6.07, 6.45) is 51.2. The van der Waals surface area contributed by atoms with Crippen LogP contribution < -0.4 is 0 Å². The van der Waals surface area contributed by atoms with Crippen molar-refractivity contribution in [3.63, 3.8) is 0 Å². The number of rotatable bonds is 57. The van der Waals surface area contributed by atoms with Crippen LogP contribution in [0, 0.1) is 11.8 Å². The molecule has 0 aromatic rings. The van der Waals surface area contributed by atoms with Gasteiger partial charge in [-0.2, -0.15) is 0 Å². The van der Waals surface area contributed by atoms with Crippen LogP contribution in [0.3, 0.4) is 0 Å². The van der Waals surface area contributed by atoms with Gasteiger partial charge in [0.15, 0.2) is 0 Å². The number of carbonyl (C=O) groups excluding carboxylic acids is 3. The summed E-state index contributed by atoms with van der Waals surface area (Å²) < 4.78 is 17.3. The molecule has 0 saturated heterocycles. The normalized spacial score (nSPS) is 12.5. The van der Waals surface area contributed by atoms with Gasteiger partial charge in [0.1, 0.15) is 0 Å². The predicted molar refractivity (Wildman–Crippen MR) is 301 cm³/mol. The van der Waals surface area contributed by atoms with Gasteiger partial charge >= 0.3 is 17.9 Å². The molecule has 0 N–H and O–H groups in total. The lowest BCUT2D eigenvalue weighted by Gasteiger charge is -2.22. The van der Waals surface area contributed by atoms with Gasteiger partial charge in [-0.25, -0.2) is 0 Å². The molecule has 8 heteroatoms. The Bertz CT molecular complexity index is 1040. The van der Waals surface area contributed by atoms with Crippen molar-refractivity contribution in [3.8, 4) is 0 Å². The van der Waals surface area contributed by atoms with E-state index in [1.165, 1.54) is 167 Å². The molecule has 0 aromatic carbocycles. The van der Waals surface area contributed by atoms with Crippen LogP contribution in [-0.2, 0) is 28.6 Å². The highest BCUT2D eigenvalue weighted by Crippen LogP contribution is 2.23. The van der Waals surface area contributed by atoms with Crippen molar-refractivity contribution in [1.82, 2.24) is 9.80 Å². The number of esters is 3. The molecule has 0 spiro atoms. The largest absolute Gasteiger partial charge is 0.466 e. The van der Waals surface area contributed by atoms with E-state index in [0.29, 0.717) is 26.2 Å². The van der Waals surface area contributed by atoms with E-state index in [9.17, 15) is 14.4 Å². The SMILES string of the molecule is CCCCCCCCC(CCCCCC)C(=O)OCCCCCCCCN(CCCCCCCCOC(=O)C(CCCCCC)CCCCCCCC)CCCCCOC(=O)CCCCCCN(C)C. The zero-order valence-corrected chi connectivity index (χ0v) is 48.1. The van der Waals surface area contributed by atoms with Crippen molar-refractivity contribution in [1.29, 1.82) is 0 Å². The van der Waals surface area contributed by atoms with E-state index in [-0.39, 0.29) is 29.7 Å². The van der Waals surface area contributed by atoms with Crippen LogP contribution in [0.5, 0.6) is 0 Å². The maximum Gasteiger partial charge on any atom is 0.308 e. The van der Waals surface area contributed by atoms with E-state index in [1.807, 2.05) is 0 Å². The van der Waals surface area contributed by atoms with E-state index >= 15 is 0 Å². The molecule has 0 heterocycles. The average molecular weight is 992 g/mol. The second-order valence-electron chi connectivity index (χ2n) is 21.9. The molecule has 0 fully saturated rings. The van der Waals surface area contributed by atoms with Gasteiger partial charge in [-0.15, -0.1) is 0 Å². The minimum atomic E-state index is -0.0301. The molecule has 2 atom stereocenters. The molecule has 0 aliphatic carbocycles. The first-order valence-corrected chi connectivity index (χ1v) is 31.1. The Labute approximate surface area is 436 Å². The van der Waals surface area contributed by atoms with Crippen molar-refractivity contribution in [3.05, 3.63) is 0 Å². The fourth-order valence-electron chi connectivity index (χ4n) is 9.87. The minimum Gasteiger partial charge on any atom is -0.466 e. The first-order valence-electron chi connectivity index (χ1n) is 31.1. The van der Waals surface area contributed by atoms with Crippen LogP contribution in [0.2, 0.25) is 0 Å². The molecule has 416 valence electrons. The monoisotopic (exact) mass is 991 g/mol. The molecule has 0 aliphatic heterocycles. The summed E-state index contributed by atoms with van der Waals surface area (Å²) in [6, 6.07) is 0. The Morgan fingerprint density at radius 3 is 0.957 bits per heavy atom. The molecule has 0 radical (unpaired) electrons. The highest BCUT2D eigenvalue weighted by atomic mass is 16.5. The van der Waals surface area contributed by atoms with E-state index < -0.39 is 0 Å². The maximum atomic E-state index is 13.1. The summed E-state index contributed by atoms with van der Waals surface area (Å²) in [5.74, 6) is 0.291. The van der Waals surface area contributed by atoms with Gasteiger partial charge < -0.3 is 24.0 Å². The lowest BCUT2D eigenvalue weighted by atomic mass is 9.94. The third kappa shape index (κ3) is 48.6. The molecule has 0 aromatic heterocycles. The average Bonchev–Trinajstić information content (AvgIpc) is 3.35. The molecule has 8 nitrogen and oxygen atoms in total. The summed E-state index contributed by atoms with van der Waals surface area (Å²) in [7, 11) is 4.22. The standard InChI is InChI=1S/C62H122N2O6/c1-7-11-15-19-25-36-48-58(46-34-17-13-9-3)61(66)69-56-43-31-23-21-28-40-52-64(54-42-33-45-55-68-60(65)50-38-27-30-39-51-63(5)6)53-41-29-22-24-32-44-57-70-62(67)59(47-35-18-14-10-4)49-37-26-20-16-12-8-2/h58-59H,7-57H2,1-6H3. The molecule has 2 unspecified atom stereocenters. The van der Waals surface area contributed by atoms with Crippen LogP contribution in [0.25, 0.3) is 0 Å². The molecule has 0 bridgehead atoms. The molecule has 70 heavy (non-hydrogen) atoms. The van der Waals surface area contributed by atoms with Gasteiger partial charge in [0.05, 0.1) is 31.7 Å². The summed E-state index contributed by atoms with van der Waals surface area (Å²) >= 11 is 0. The number of ether oxygens (including phenoxy) is 3. The Hall–Kier alpha value is -1.67. The lowest BCUT2D eigenvalue weighted by Crippen LogP contribution is -2.27. The van der Waals surface area contributed by atoms with E-state index in [2.05, 4.69) is 51.6 Å². The summed E-state index contributed by atoms with van der Waals surface area (Å²) in [5.41, 5.74) is 0. The molecule has 0 saturated carbocycles. The Kier molecular flexibility index (Phi) is 53.8. The molecule has 0 rings (SSSR count). The van der Waals surface area contributed by atoms with Gasteiger partial charge in [-0.05, 0) is 124 Å². The van der Waals surface area contributed by atoms with E-state index in [4.69, 9.17) is 14.2 Å². The third-order valence-corrected chi connectivity index (χ3v) is 14.6. The topological polar surface area (TPSA) is 85.4 Å². The summed E-state index contributed by atoms with van der Waals surface area (Å²) in [6.45, 7) is 15.3. The number of nitrogens with zero attached hydrogens (tertiary/aromatic N) is 2. The fourth-order valence-corrected chi connectivity index (χ4v) is 9.87. The van der Waals surface area contributed by atoms with Crippen LogP contribution in [0.15, 0.2) is 0 Å². The van der Waals surface area contributed by atoms with Crippen molar-refractivity contribution >= 4 is 17.9 Å². The van der Waals surface area contributed by atoms with Gasteiger partial charge in [0, 0.05) is 6.42 Å². The van der Waals surface area contributed by atoms with Crippen molar-refractivity contribution in [2.75, 3.05) is 60.1 Å². The number of hydrogen-bond acceptors (Lipinski definition) is 8. The Balaban J connectivity index is 4.65. The van der Waals surface area contributed by atoms with E-state index in [0.717, 1.165) is 135 Å². The van der Waals surface area contributed by atoms with Gasteiger partial charge in [0.25, 0.3) is 0 Å². The van der Waals surface area contributed by atoms with Crippen molar-refractivity contribution < 1.29 is 28.6 Å². The second kappa shape index (κ2) is 55.1. The zero-order chi connectivity index (χ0) is 51.2. The highest BCUT2D eigenvalue weighted by molar-refractivity contribution is 5.72. The number of hydrogen-bond donors (Lipinski definition) is 0. The predicted octanol–water partition coefficient (Wildman–Crippen LogP) is 18.0. The molecular formula is C62H122N2O6. The first kappa shape index (κ1) is 68.3.